The van der Waals surface area contributed by atoms with Crippen LogP contribution in [-0.2, 0) is 11.3 Å². The van der Waals surface area contributed by atoms with Gasteiger partial charge in [0.05, 0.1) is 18.9 Å². The van der Waals surface area contributed by atoms with Gasteiger partial charge in [0.25, 0.3) is 5.91 Å². The standard InChI is InChI=1S/C15H15F2N3O2S/c16-11-5-10(6-12(17)7-11)14(21)19-15-18-13(9-23-15)8-20-1-3-22-4-2-20/h5-7,9H,1-4,8H2,(H,18,19,21). The van der Waals surface area contributed by atoms with Crippen molar-refractivity contribution < 1.29 is 18.3 Å². The summed E-state index contributed by atoms with van der Waals surface area (Å²) in [7, 11) is 0. The van der Waals surface area contributed by atoms with Gasteiger partial charge in [-0.2, -0.15) is 0 Å². The highest BCUT2D eigenvalue weighted by Gasteiger charge is 2.14. The number of benzene rings is 1. The Hall–Kier alpha value is -1.90. The quantitative estimate of drug-likeness (QED) is 0.930. The second-order valence-corrected chi connectivity index (χ2v) is 6.00. The molecule has 0 unspecified atom stereocenters. The van der Waals surface area contributed by atoms with Gasteiger partial charge in [0.2, 0.25) is 0 Å². The summed E-state index contributed by atoms with van der Waals surface area (Å²) in [6, 6.07) is 2.70. The molecule has 2 heterocycles. The molecule has 1 amide bonds. The van der Waals surface area contributed by atoms with E-state index in [-0.39, 0.29) is 5.56 Å². The van der Waals surface area contributed by atoms with E-state index in [1.807, 2.05) is 5.38 Å². The molecule has 0 saturated carbocycles. The van der Waals surface area contributed by atoms with Crippen molar-refractivity contribution >= 4 is 22.4 Å². The number of carbonyl (C=O) groups is 1. The van der Waals surface area contributed by atoms with Gasteiger partial charge in [-0.25, -0.2) is 13.8 Å². The maximum Gasteiger partial charge on any atom is 0.257 e. The van der Waals surface area contributed by atoms with Crippen LogP contribution in [0.1, 0.15) is 16.1 Å². The summed E-state index contributed by atoms with van der Waals surface area (Å²) in [5, 5.41) is 4.83. The molecule has 1 aliphatic heterocycles. The van der Waals surface area contributed by atoms with Crippen molar-refractivity contribution in [3.63, 3.8) is 0 Å². The second kappa shape index (κ2) is 7.12. The first kappa shape index (κ1) is 16.0. The molecule has 122 valence electrons. The lowest BCUT2D eigenvalue weighted by atomic mass is 10.2. The maximum atomic E-state index is 13.1. The van der Waals surface area contributed by atoms with Crippen molar-refractivity contribution in [1.82, 2.24) is 9.88 Å². The van der Waals surface area contributed by atoms with E-state index >= 15 is 0 Å². The van der Waals surface area contributed by atoms with Crippen LogP contribution >= 0.6 is 11.3 Å². The van der Waals surface area contributed by atoms with Gasteiger partial charge in [0, 0.05) is 36.6 Å². The van der Waals surface area contributed by atoms with Crippen molar-refractivity contribution in [2.24, 2.45) is 0 Å². The number of carbonyl (C=O) groups excluding carboxylic acids is 1. The van der Waals surface area contributed by atoms with Crippen molar-refractivity contribution in [2.75, 3.05) is 31.6 Å². The first-order valence-electron chi connectivity index (χ1n) is 7.12. The van der Waals surface area contributed by atoms with Crippen LogP contribution in [-0.4, -0.2) is 42.1 Å². The number of halogens is 2. The molecule has 5 nitrogen and oxygen atoms in total. The van der Waals surface area contributed by atoms with Gasteiger partial charge in [-0.1, -0.05) is 0 Å². The van der Waals surface area contributed by atoms with Crippen LogP contribution in [0.5, 0.6) is 0 Å². The largest absolute Gasteiger partial charge is 0.379 e. The highest BCUT2D eigenvalue weighted by atomic mass is 32.1. The molecule has 1 aliphatic rings. The summed E-state index contributed by atoms with van der Waals surface area (Å²) in [5.41, 5.74) is 0.769. The van der Waals surface area contributed by atoms with Crippen LogP contribution < -0.4 is 5.32 Å². The Kier molecular flexibility index (Phi) is 4.94. The van der Waals surface area contributed by atoms with E-state index in [4.69, 9.17) is 4.74 Å². The molecule has 3 rings (SSSR count). The minimum Gasteiger partial charge on any atom is -0.379 e. The molecular formula is C15H15F2N3O2S. The molecule has 1 saturated heterocycles. The highest BCUT2D eigenvalue weighted by molar-refractivity contribution is 7.13. The number of nitrogens with one attached hydrogen (secondary N) is 1. The summed E-state index contributed by atoms with van der Waals surface area (Å²) >= 11 is 1.28. The van der Waals surface area contributed by atoms with E-state index in [9.17, 15) is 13.6 Å². The van der Waals surface area contributed by atoms with Gasteiger partial charge in [-0.05, 0) is 12.1 Å². The first-order chi connectivity index (χ1) is 11.1. The fourth-order valence-electron chi connectivity index (χ4n) is 2.28. The Bertz CT molecular complexity index is 682. The van der Waals surface area contributed by atoms with Crippen LogP contribution in [0, 0.1) is 11.6 Å². The molecule has 2 aromatic rings. The fourth-order valence-corrected chi connectivity index (χ4v) is 2.98. The number of hydrogen-bond acceptors (Lipinski definition) is 5. The predicted octanol–water partition coefficient (Wildman–Crippen LogP) is 2.51. The molecule has 0 atom stereocenters. The zero-order valence-corrected chi connectivity index (χ0v) is 13.0. The molecule has 0 aliphatic carbocycles. The third kappa shape index (κ3) is 4.31. The van der Waals surface area contributed by atoms with Gasteiger partial charge in [-0.3, -0.25) is 15.0 Å². The predicted molar refractivity (Wildman–Crippen MR) is 82.5 cm³/mol. The Morgan fingerprint density at radius 1 is 1.26 bits per heavy atom. The smallest absolute Gasteiger partial charge is 0.257 e. The van der Waals surface area contributed by atoms with Crippen LogP contribution in [0.15, 0.2) is 23.6 Å². The number of ether oxygens (including phenoxy) is 1. The molecule has 1 fully saturated rings. The normalized spacial score (nSPS) is 15.6. The van der Waals surface area contributed by atoms with Crippen molar-refractivity contribution in [2.45, 2.75) is 6.54 Å². The SMILES string of the molecule is O=C(Nc1nc(CN2CCOCC2)cs1)c1cc(F)cc(F)c1. The Morgan fingerprint density at radius 2 is 1.96 bits per heavy atom. The lowest BCUT2D eigenvalue weighted by Crippen LogP contribution is -2.35. The number of anilines is 1. The van der Waals surface area contributed by atoms with Gasteiger partial charge in [0.1, 0.15) is 11.6 Å². The maximum absolute atomic E-state index is 13.1. The monoisotopic (exact) mass is 339 g/mol. The number of thiazole rings is 1. The van der Waals surface area contributed by atoms with Crippen molar-refractivity contribution in [3.05, 3.63) is 46.5 Å². The minimum absolute atomic E-state index is 0.0765. The number of hydrogen-bond donors (Lipinski definition) is 1. The zero-order valence-electron chi connectivity index (χ0n) is 12.2. The molecular weight excluding hydrogens is 324 g/mol. The van der Waals surface area contributed by atoms with Crippen LogP contribution in [0.3, 0.4) is 0 Å². The van der Waals surface area contributed by atoms with Crippen molar-refractivity contribution in [3.8, 4) is 0 Å². The number of amides is 1. The molecule has 23 heavy (non-hydrogen) atoms. The number of morpholine rings is 1. The Balaban J connectivity index is 1.62. The van der Waals surface area contributed by atoms with Crippen LogP contribution in [0.25, 0.3) is 0 Å². The molecule has 8 heteroatoms. The number of nitrogens with zero attached hydrogens (tertiary/aromatic N) is 2. The van der Waals surface area contributed by atoms with Gasteiger partial charge in [-0.15, -0.1) is 11.3 Å². The summed E-state index contributed by atoms with van der Waals surface area (Å²) in [5.74, 6) is -2.17. The summed E-state index contributed by atoms with van der Waals surface area (Å²) in [6.45, 7) is 3.80. The fraction of sp³-hybridized carbons (Fsp3) is 0.333. The Labute approximate surface area is 135 Å². The average Bonchev–Trinajstić information content (AvgIpc) is 2.94. The van der Waals surface area contributed by atoms with Crippen LogP contribution in [0.4, 0.5) is 13.9 Å². The first-order valence-corrected chi connectivity index (χ1v) is 8.00. The van der Waals surface area contributed by atoms with E-state index in [1.165, 1.54) is 11.3 Å². The summed E-state index contributed by atoms with van der Waals surface area (Å²) in [6.07, 6.45) is 0. The topological polar surface area (TPSA) is 54.5 Å². The molecule has 0 spiro atoms. The lowest BCUT2D eigenvalue weighted by molar-refractivity contribution is 0.0337. The molecule has 1 aromatic heterocycles. The van der Waals surface area contributed by atoms with Crippen LogP contribution in [0.2, 0.25) is 0 Å². The Morgan fingerprint density at radius 3 is 2.65 bits per heavy atom. The zero-order chi connectivity index (χ0) is 16.2. The van der Waals surface area contributed by atoms with Crippen molar-refractivity contribution in [1.29, 1.82) is 0 Å². The second-order valence-electron chi connectivity index (χ2n) is 5.14. The summed E-state index contributed by atoms with van der Waals surface area (Å²) in [4.78, 5) is 18.6. The van der Waals surface area contributed by atoms with Gasteiger partial charge >= 0.3 is 0 Å². The third-order valence-corrected chi connectivity index (χ3v) is 4.19. The highest BCUT2D eigenvalue weighted by Crippen LogP contribution is 2.19. The molecule has 1 aromatic carbocycles. The van der Waals surface area contributed by atoms with E-state index < -0.39 is 17.5 Å². The van der Waals surface area contributed by atoms with E-state index in [0.717, 1.165) is 37.0 Å². The molecule has 0 bridgehead atoms. The number of aromatic nitrogens is 1. The third-order valence-electron chi connectivity index (χ3n) is 3.39. The minimum atomic E-state index is -0.790. The summed E-state index contributed by atoms with van der Waals surface area (Å²) < 4.78 is 31.6. The molecule has 0 radical (unpaired) electrons. The van der Waals surface area contributed by atoms with E-state index in [2.05, 4.69) is 15.2 Å². The van der Waals surface area contributed by atoms with Gasteiger partial charge < -0.3 is 4.74 Å². The molecule has 1 N–H and O–H groups in total. The average molecular weight is 339 g/mol. The number of rotatable bonds is 4. The lowest BCUT2D eigenvalue weighted by Gasteiger charge is -2.25. The van der Waals surface area contributed by atoms with E-state index in [1.54, 1.807) is 0 Å². The van der Waals surface area contributed by atoms with Gasteiger partial charge in [0.15, 0.2) is 5.13 Å². The van der Waals surface area contributed by atoms with E-state index in [0.29, 0.717) is 24.9 Å².